The van der Waals surface area contributed by atoms with Crippen LogP contribution in [0.1, 0.15) is 75.5 Å². The maximum atomic E-state index is 12.2. The third-order valence-electron chi connectivity index (χ3n) is 8.67. The van der Waals surface area contributed by atoms with Gasteiger partial charge in [0.15, 0.2) is 5.78 Å². The summed E-state index contributed by atoms with van der Waals surface area (Å²) in [5.74, 6) is 1.69. The molecular weight excluding hydrogens is 544 g/mol. The molecule has 4 heterocycles. The number of benzene rings is 2. The lowest BCUT2D eigenvalue weighted by atomic mass is 9.93. The molecule has 9 nitrogen and oxygen atoms in total. The number of hydrogen-bond donors (Lipinski definition) is 0. The van der Waals surface area contributed by atoms with Crippen molar-refractivity contribution in [1.82, 2.24) is 19.4 Å². The third kappa shape index (κ3) is 6.48. The lowest BCUT2D eigenvalue weighted by Gasteiger charge is -2.32. The maximum absolute atomic E-state index is 12.2. The first-order valence-corrected chi connectivity index (χ1v) is 15.0. The fourth-order valence-corrected chi connectivity index (χ4v) is 5.93. The zero-order valence-electron chi connectivity index (χ0n) is 25.0. The molecule has 0 saturated carbocycles. The first-order valence-electron chi connectivity index (χ1n) is 15.0. The number of likely N-dealkylation sites (tertiary alicyclic amines) is 1. The monoisotopic (exact) mass is 582 g/mol. The van der Waals surface area contributed by atoms with Crippen molar-refractivity contribution >= 4 is 22.8 Å². The van der Waals surface area contributed by atoms with Crippen LogP contribution in [0.3, 0.4) is 0 Å². The highest BCUT2D eigenvalue weighted by Gasteiger charge is 2.26. The van der Waals surface area contributed by atoms with Crippen molar-refractivity contribution < 1.29 is 23.8 Å². The van der Waals surface area contributed by atoms with Crippen LogP contribution in [0.2, 0.25) is 0 Å². The van der Waals surface area contributed by atoms with E-state index in [1.54, 1.807) is 13.0 Å². The molecule has 2 aromatic carbocycles. The summed E-state index contributed by atoms with van der Waals surface area (Å²) in [4.78, 5) is 36.1. The Morgan fingerprint density at radius 2 is 1.79 bits per heavy atom. The molecule has 0 N–H and O–H groups in total. The zero-order valence-corrected chi connectivity index (χ0v) is 25.0. The van der Waals surface area contributed by atoms with Gasteiger partial charge in [-0.15, -0.1) is 0 Å². The van der Waals surface area contributed by atoms with Crippen LogP contribution in [-0.2, 0) is 29.2 Å². The number of ketones is 1. The number of carbonyl (C=O) groups excluding carboxylic acids is 2. The summed E-state index contributed by atoms with van der Waals surface area (Å²) in [6.45, 7) is 8.12. The molecule has 0 radical (unpaired) electrons. The average Bonchev–Trinajstić information content (AvgIpc) is 3.34. The number of esters is 1. The highest BCUT2D eigenvalue weighted by Crippen LogP contribution is 2.30. The van der Waals surface area contributed by atoms with Crippen molar-refractivity contribution in [1.29, 1.82) is 0 Å². The quantitative estimate of drug-likeness (QED) is 0.179. The summed E-state index contributed by atoms with van der Waals surface area (Å²) in [5.41, 5.74) is 6.20. The molecular formula is C34H38N4O5. The molecule has 4 aromatic rings. The molecule has 224 valence electrons. The Balaban J connectivity index is 1.10. The van der Waals surface area contributed by atoms with E-state index in [1.165, 1.54) is 7.11 Å². The second-order valence-electron chi connectivity index (χ2n) is 11.6. The molecule has 2 aliphatic rings. The van der Waals surface area contributed by atoms with Crippen molar-refractivity contribution in [3.8, 4) is 5.88 Å². The largest absolute Gasteiger partial charge is 0.473 e. The number of imidazole rings is 1. The Hall–Kier alpha value is -4.08. The number of carbonyl (C=O) groups is 2. The summed E-state index contributed by atoms with van der Waals surface area (Å²) in [7, 11) is 1.40. The molecule has 0 aliphatic carbocycles. The Morgan fingerprint density at radius 3 is 2.49 bits per heavy atom. The summed E-state index contributed by atoms with van der Waals surface area (Å²) in [6, 6.07) is 17.3. The van der Waals surface area contributed by atoms with Gasteiger partial charge >= 0.3 is 5.97 Å². The Morgan fingerprint density at radius 1 is 1.00 bits per heavy atom. The topological polar surface area (TPSA) is 95.8 Å². The van der Waals surface area contributed by atoms with Gasteiger partial charge in [0.1, 0.15) is 12.4 Å². The first-order chi connectivity index (χ1) is 20.9. The van der Waals surface area contributed by atoms with Gasteiger partial charge in [0, 0.05) is 29.8 Å². The number of nitrogens with zero attached hydrogens (tertiary/aromatic N) is 4. The molecule has 0 bridgehead atoms. The number of ether oxygens (including phenoxy) is 3. The van der Waals surface area contributed by atoms with E-state index in [4.69, 9.17) is 24.2 Å². The summed E-state index contributed by atoms with van der Waals surface area (Å²) in [5, 5.41) is 0. The molecule has 43 heavy (non-hydrogen) atoms. The SMILES string of the molecule is COC(=O)c1ccc2nc(CN3CCC(c4cccc(OCc5ccc(C(C)=O)cc5C)n4)CC3)n(CC3CCO3)c2c1. The first kappa shape index (κ1) is 29.0. The van der Waals surface area contributed by atoms with E-state index in [0.29, 0.717) is 29.5 Å². The minimum absolute atomic E-state index is 0.0622. The van der Waals surface area contributed by atoms with Crippen molar-refractivity contribution in [3.63, 3.8) is 0 Å². The van der Waals surface area contributed by atoms with Gasteiger partial charge < -0.3 is 18.8 Å². The van der Waals surface area contributed by atoms with Crippen molar-refractivity contribution in [2.24, 2.45) is 0 Å². The number of rotatable bonds is 10. The molecule has 1 atom stereocenters. The normalized spacial score (nSPS) is 17.5. The molecule has 1 unspecified atom stereocenters. The Bertz CT molecular complexity index is 1640. The zero-order chi connectivity index (χ0) is 29.9. The van der Waals surface area contributed by atoms with E-state index in [1.807, 2.05) is 49.4 Å². The fourth-order valence-electron chi connectivity index (χ4n) is 5.93. The Kier molecular flexibility index (Phi) is 8.54. The molecule has 0 amide bonds. The minimum atomic E-state index is -0.348. The van der Waals surface area contributed by atoms with Crippen LogP contribution in [0.5, 0.6) is 5.88 Å². The maximum Gasteiger partial charge on any atom is 0.337 e. The second-order valence-corrected chi connectivity index (χ2v) is 11.6. The van der Waals surface area contributed by atoms with Crippen LogP contribution >= 0.6 is 0 Å². The van der Waals surface area contributed by atoms with Crippen LogP contribution < -0.4 is 4.74 Å². The van der Waals surface area contributed by atoms with Gasteiger partial charge in [-0.2, -0.15) is 0 Å². The van der Waals surface area contributed by atoms with Gasteiger partial charge in [-0.25, -0.2) is 14.8 Å². The summed E-state index contributed by atoms with van der Waals surface area (Å²) in [6.07, 6.45) is 3.21. The van der Waals surface area contributed by atoms with E-state index >= 15 is 0 Å². The van der Waals surface area contributed by atoms with Crippen LogP contribution in [0.25, 0.3) is 11.0 Å². The number of fused-ring (bicyclic) bond motifs is 1. The van der Waals surface area contributed by atoms with E-state index < -0.39 is 0 Å². The molecule has 2 aliphatic heterocycles. The molecule has 2 aromatic heterocycles. The predicted molar refractivity (Wildman–Crippen MR) is 162 cm³/mol. The number of aryl methyl sites for hydroxylation is 1. The summed E-state index contributed by atoms with van der Waals surface area (Å²) < 4.78 is 19.0. The molecule has 9 heteroatoms. The number of aromatic nitrogens is 3. The van der Waals surface area contributed by atoms with Crippen LogP contribution in [0, 0.1) is 6.92 Å². The second kappa shape index (κ2) is 12.7. The molecule has 2 saturated heterocycles. The van der Waals surface area contributed by atoms with E-state index in [9.17, 15) is 9.59 Å². The number of hydrogen-bond acceptors (Lipinski definition) is 8. The average molecular weight is 583 g/mol. The smallest absolute Gasteiger partial charge is 0.337 e. The van der Waals surface area contributed by atoms with Crippen molar-refractivity contribution in [2.75, 3.05) is 26.8 Å². The standard InChI is InChI=1S/C34H38N4O5/c1-22-17-25(23(2)39)7-8-27(22)21-43-33-6-4-5-29(36-33)24-11-14-37(15-12-24)20-32-35-30-10-9-26(34(40)41-3)18-31(30)38(32)19-28-13-16-42-28/h4-10,17-18,24,28H,11-16,19-21H2,1-3H3. The lowest BCUT2D eigenvalue weighted by Crippen LogP contribution is -2.35. The van der Waals surface area contributed by atoms with Gasteiger partial charge in [0.25, 0.3) is 0 Å². The van der Waals surface area contributed by atoms with Crippen molar-refractivity contribution in [2.45, 2.75) is 64.8 Å². The van der Waals surface area contributed by atoms with Gasteiger partial charge in [-0.1, -0.05) is 18.2 Å². The lowest BCUT2D eigenvalue weighted by molar-refractivity contribution is -0.0592. The summed E-state index contributed by atoms with van der Waals surface area (Å²) >= 11 is 0. The fraction of sp³-hybridized carbons (Fsp3) is 0.412. The van der Waals surface area contributed by atoms with Crippen LogP contribution in [-0.4, -0.2) is 64.1 Å². The molecule has 6 rings (SSSR count). The van der Waals surface area contributed by atoms with Gasteiger partial charge in [-0.3, -0.25) is 9.69 Å². The molecule has 0 spiro atoms. The highest BCUT2D eigenvalue weighted by molar-refractivity contribution is 5.94. The van der Waals surface area contributed by atoms with E-state index in [0.717, 1.165) is 85.7 Å². The van der Waals surface area contributed by atoms with Gasteiger partial charge in [0.2, 0.25) is 5.88 Å². The number of pyridine rings is 1. The van der Waals surface area contributed by atoms with Gasteiger partial charge in [0.05, 0.1) is 42.9 Å². The van der Waals surface area contributed by atoms with Crippen molar-refractivity contribution in [3.05, 3.63) is 88.4 Å². The van der Waals surface area contributed by atoms with E-state index in [-0.39, 0.29) is 17.9 Å². The van der Waals surface area contributed by atoms with E-state index in [2.05, 4.69) is 15.5 Å². The van der Waals surface area contributed by atoms with Gasteiger partial charge in [-0.05, 0) is 87.7 Å². The number of Topliss-reactive ketones (excluding diaryl/α,β-unsaturated/α-hetero) is 1. The number of methoxy groups -OCH3 is 1. The number of piperidine rings is 1. The highest BCUT2D eigenvalue weighted by atomic mass is 16.5. The Labute approximate surface area is 251 Å². The predicted octanol–water partition coefficient (Wildman–Crippen LogP) is 5.48. The van der Waals surface area contributed by atoms with Crippen LogP contribution in [0.15, 0.2) is 54.6 Å². The molecule has 2 fully saturated rings. The van der Waals surface area contributed by atoms with Crippen LogP contribution in [0.4, 0.5) is 0 Å². The minimum Gasteiger partial charge on any atom is -0.473 e. The third-order valence-corrected chi connectivity index (χ3v) is 8.67.